The standard InChI is InChI=1S/C16H22N2O3/c1-4-18(16(2,3)15(20)21)14(19)13-9-11-7-5-6-8-12(11)10-17-13/h5-8,13,17H,4,9-10H2,1-3H3,(H,20,21). The highest BCUT2D eigenvalue weighted by molar-refractivity contribution is 5.89. The molecule has 0 saturated heterocycles. The number of carboxylic acid groups (broad SMARTS) is 1. The molecule has 0 fully saturated rings. The summed E-state index contributed by atoms with van der Waals surface area (Å²) in [5.74, 6) is -1.15. The summed E-state index contributed by atoms with van der Waals surface area (Å²) in [6.45, 7) is 5.94. The molecule has 0 saturated carbocycles. The van der Waals surface area contributed by atoms with E-state index >= 15 is 0 Å². The number of carbonyl (C=O) groups excluding carboxylic acids is 1. The van der Waals surface area contributed by atoms with Crippen LogP contribution in [0.3, 0.4) is 0 Å². The molecule has 1 atom stereocenters. The number of likely N-dealkylation sites (N-methyl/N-ethyl adjacent to an activating group) is 1. The number of benzene rings is 1. The lowest BCUT2D eigenvalue weighted by Gasteiger charge is -2.38. The number of carboxylic acids is 1. The van der Waals surface area contributed by atoms with Gasteiger partial charge in [0.25, 0.3) is 0 Å². The highest BCUT2D eigenvalue weighted by atomic mass is 16.4. The van der Waals surface area contributed by atoms with E-state index in [-0.39, 0.29) is 11.9 Å². The summed E-state index contributed by atoms with van der Waals surface area (Å²) in [6.07, 6.45) is 0.598. The van der Waals surface area contributed by atoms with E-state index in [0.717, 1.165) is 5.56 Å². The maximum Gasteiger partial charge on any atom is 0.329 e. The van der Waals surface area contributed by atoms with Crippen molar-refractivity contribution in [3.05, 3.63) is 35.4 Å². The minimum absolute atomic E-state index is 0.153. The van der Waals surface area contributed by atoms with Crippen LogP contribution in [0.5, 0.6) is 0 Å². The van der Waals surface area contributed by atoms with Gasteiger partial charge in [0.05, 0.1) is 6.04 Å². The largest absolute Gasteiger partial charge is 0.480 e. The molecule has 1 heterocycles. The number of aliphatic carboxylic acids is 1. The van der Waals surface area contributed by atoms with Gasteiger partial charge in [-0.1, -0.05) is 24.3 Å². The Morgan fingerprint density at radius 2 is 1.95 bits per heavy atom. The summed E-state index contributed by atoms with van der Waals surface area (Å²) < 4.78 is 0. The summed E-state index contributed by atoms with van der Waals surface area (Å²) in [5.41, 5.74) is 1.14. The summed E-state index contributed by atoms with van der Waals surface area (Å²) >= 11 is 0. The molecular formula is C16H22N2O3. The molecule has 0 bridgehead atoms. The first-order valence-corrected chi connectivity index (χ1v) is 7.23. The fraction of sp³-hybridized carbons (Fsp3) is 0.500. The first kappa shape index (κ1) is 15.5. The molecule has 1 aromatic rings. The zero-order chi connectivity index (χ0) is 15.6. The zero-order valence-electron chi connectivity index (χ0n) is 12.7. The van der Waals surface area contributed by atoms with Gasteiger partial charge in [0.2, 0.25) is 5.91 Å². The number of rotatable bonds is 4. The summed E-state index contributed by atoms with van der Waals surface area (Å²) in [6, 6.07) is 7.65. The maximum absolute atomic E-state index is 12.7. The van der Waals surface area contributed by atoms with Gasteiger partial charge >= 0.3 is 5.97 Å². The molecule has 1 amide bonds. The highest BCUT2D eigenvalue weighted by Crippen LogP contribution is 2.21. The lowest BCUT2D eigenvalue weighted by molar-refractivity contribution is -0.157. The van der Waals surface area contributed by atoms with E-state index in [1.807, 2.05) is 24.3 Å². The SMILES string of the molecule is CCN(C(=O)C1Cc2ccccc2CN1)C(C)(C)C(=O)O. The van der Waals surface area contributed by atoms with Crippen molar-refractivity contribution in [1.82, 2.24) is 10.2 Å². The maximum atomic E-state index is 12.7. The van der Waals surface area contributed by atoms with E-state index in [0.29, 0.717) is 19.5 Å². The third-order valence-electron chi connectivity index (χ3n) is 4.16. The highest BCUT2D eigenvalue weighted by Gasteiger charge is 2.40. The predicted molar refractivity (Wildman–Crippen MR) is 79.9 cm³/mol. The van der Waals surface area contributed by atoms with Gasteiger partial charge in [0.15, 0.2) is 0 Å². The fourth-order valence-corrected chi connectivity index (χ4v) is 2.76. The van der Waals surface area contributed by atoms with Crippen LogP contribution >= 0.6 is 0 Å². The van der Waals surface area contributed by atoms with Crippen molar-refractivity contribution in [2.45, 2.75) is 45.3 Å². The molecule has 5 heteroatoms. The Hall–Kier alpha value is -1.88. The van der Waals surface area contributed by atoms with Crippen molar-refractivity contribution in [1.29, 1.82) is 0 Å². The molecule has 0 aromatic heterocycles. The van der Waals surface area contributed by atoms with Crippen molar-refractivity contribution in [3.63, 3.8) is 0 Å². The third kappa shape index (κ3) is 2.93. The number of amides is 1. The van der Waals surface area contributed by atoms with Crippen molar-refractivity contribution >= 4 is 11.9 Å². The van der Waals surface area contributed by atoms with Crippen molar-refractivity contribution < 1.29 is 14.7 Å². The number of hydrogen-bond acceptors (Lipinski definition) is 3. The lowest BCUT2D eigenvalue weighted by Crippen LogP contribution is -2.59. The van der Waals surface area contributed by atoms with Gasteiger partial charge in [-0.05, 0) is 38.3 Å². The molecule has 1 unspecified atom stereocenters. The van der Waals surface area contributed by atoms with E-state index in [4.69, 9.17) is 0 Å². The van der Waals surface area contributed by atoms with E-state index in [9.17, 15) is 14.7 Å². The van der Waals surface area contributed by atoms with Gasteiger partial charge in [-0.3, -0.25) is 4.79 Å². The minimum Gasteiger partial charge on any atom is -0.480 e. The predicted octanol–water partition coefficient (Wildman–Crippen LogP) is 1.41. The van der Waals surface area contributed by atoms with Gasteiger partial charge in [-0.2, -0.15) is 0 Å². The van der Waals surface area contributed by atoms with E-state index in [1.165, 1.54) is 10.5 Å². The molecule has 1 aliphatic rings. The fourth-order valence-electron chi connectivity index (χ4n) is 2.76. The molecule has 5 nitrogen and oxygen atoms in total. The molecule has 1 aromatic carbocycles. The quantitative estimate of drug-likeness (QED) is 0.880. The van der Waals surface area contributed by atoms with Crippen LogP contribution in [0, 0.1) is 0 Å². The van der Waals surface area contributed by atoms with Crippen LogP contribution in [0.1, 0.15) is 31.9 Å². The van der Waals surface area contributed by atoms with E-state index in [1.54, 1.807) is 20.8 Å². The first-order chi connectivity index (χ1) is 9.87. The summed E-state index contributed by atoms with van der Waals surface area (Å²) in [7, 11) is 0. The number of hydrogen-bond donors (Lipinski definition) is 2. The van der Waals surface area contributed by atoms with Gasteiger partial charge in [-0.15, -0.1) is 0 Å². The second kappa shape index (κ2) is 5.85. The van der Waals surface area contributed by atoms with Crippen LogP contribution in [0.2, 0.25) is 0 Å². The summed E-state index contributed by atoms with van der Waals surface area (Å²) in [5, 5.41) is 12.6. The molecule has 1 aliphatic heterocycles. The average Bonchev–Trinajstić information content (AvgIpc) is 2.46. The van der Waals surface area contributed by atoms with Crippen molar-refractivity contribution in [3.8, 4) is 0 Å². The molecule has 21 heavy (non-hydrogen) atoms. The number of nitrogens with zero attached hydrogens (tertiary/aromatic N) is 1. The number of carbonyl (C=O) groups is 2. The van der Waals surface area contributed by atoms with Gasteiger partial charge in [0, 0.05) is 13.1 Å². The molecule has 2 N–H and O–H groups in total. The number of fused-ring (bicyclic) bond motifs is 1. The Kier molecular flexibility index (Phi) is 4.32. The monoisotopic (exact) mass is 290 g/mol. The smallest absolute Gasteiger partial charge is 0.329 e. The van der Waals surface area contributed by atoms with Crippen LogP contribution in [-0.2, 0) is 22.6 Å². The molecular weight excluding hydrogens is 268 g/mol. The van der Waals surface area contributed by atoms with Crippen LogP contribution in [0.25, 0.3) is 0 Å². The van der Waals surface area contributed by atoms with Crippen LogP contribution < -0.4 is 5.32 Å². The van der Waals surface area contributed by atoms with Gasteiger partial charge < -0.3 is 15.3 Å². The Bertz CT molecular complexity index is 554. The average molecular weight is 290 g/mol. The van der Waals surface area contributed by atoms with E-state index in [2.05, 4.69) is 5.32 Å². The van der Waals surface area contributed by atoms with Crippen LogP contribution in [-0.4, -0.2) is 40.0 Å². The Morgan fingerprint density at radius 3 is 2.52 bits per heavy atom. The van der Waals surface area contributed by atoms with Gasteiger partial charge in [0.1, 0.15) is 5.54 Å². The molecule has 0 radical (unpaired) electrons. The second-order valence-electron chi connectivity index (χ2n) is 5.85. The zero-order valence-corrected chi connectivity index (χ0v) is 12.7. The summed E-state index contributed by atoms with van der Waals surface area (Å²) in [4.78, 5) is 25.5. The van der Waals surface area contributed by atoms with Crippen LogP contribution in [0.4, 0.5) is 0 Å². The first-order valence-electron chi connectivity index (χ1n) is 7.23. The minimum atomic E-state index is -1.20. The second-order valence-corrected chi connectivity index (χ2v) is 5.85. The topological polar surface area (TPSA) is 69.6 Å². The van der Waals surface area contributed by atoms with E-state index < -0.39 is 11.5 Å². The third-order valence-corrected chi connectivity index (χ3v) is 4.16. The molecule has 0 aliphatic carbocycles. The normalized spacial score (nSPS) is 18.0. The van der Waals surface area contributed by atoms with Crippen molar-refractivity contribution in [2.24, 2.45) is 0 Å². The molecule has 0 spiro atoms. The van der Waals surface area contributed by atoms with Crippen molar-refractivity contribution in [2.75, 3.05) is 6.54 Å². The Morgan fingerprint density at radius 1 is 1.33 bits per heavy atom. The molecule has 2 rings (SSSR count). The molecule has 114 valence electrons. The lowest BCUT2D eigenvalue weighted by atomic mass is 9.93. The van der Waals surface area contributed by atoms with Gasteiger partial charge in [-0.25, -0.2) is 4.79 Å². The van der Waals surface area contributed by atoms with Crippen LogP contribution in [0.15, 0.2) is 24.3 Å². The Balaban J connectivity index is 2.19. The number of nitrogens with one attached hydrogen (secondary N) is 1. The Labute approximate surface area is 125 Å².